The average molecular weight is 1840 g/mol. The summed E-state index contributed by atoms with van der Waals surface area (Å²) in [6.07, 6.45) is 1.83. The van der Waals surface area contributed by atoms with Crippen molar-refractivity contribution in [2.24, 2.45) is 58.3 Å². The molecular weight excluding hydrogens is 1700 g/mol. The molecule has 1 aliphatic heterocycles. The number of unbranched alkanes of at least 4 members (excludes halogenated alkanes) is 1. The van der Waals surface area contributed by atoms with Gasteiger partial charge in [0.05, 0.1) is 43.2 Å². The maximum absolute atomic E-state index is 14.7. The quantitative estimate of drug-likeness (QED) is 0.0167. The van der Waals surface area contributed by atoms with Gasteiger partial charge in [-0.05, 0) is 152 Å². The summed E-state index contributed by atoms with van der Waals surface area (Å²) in [5, 5.41) is 83.1. The van der Waals surface area contributed by atoms with Gasteiger partial charge >= 0.3 is 5.97 Å². The van der Waals surface area contributed by atoms with Crippen LogP contribution in [0.5, 0.6) is 5.75 Å². The summed E-state index contributed by atoms with van der Waals surface area (Å²) in [6.45, 7) is 12.0. The molecule has 17 amide bonds. The van der Waals surface area contributed by atoms with Crippen LogP contribution in [-0.2, 0) is 99.1 Å². The predicted molar refractivity (Wildman–Crippen MR) is 479 cm³/mol. The number of nitrogens with two attached hydrogens (primary N) is 5. The lowest BCUT2D eigenvalue weighted by molar-refractivity contribution is -0.141. The zero-order chi connectivity index (χ0) is 97.1. The first-order chi connectivity index (χ1) is 62.0. The number of hydrogen-bond acceptors (Lipinski definition) is 23. The van der Waals surface area contributed by atoms with E-state index in [9.17, 15) is 96.5 Å². The van der Waals surface area contributed by atoms with Gasteiger partial charge in [-0.15, -0.1) is 0 Å². The molecule has 1 saturated heterocycles. The number of primary amides is 2. The lowest BCUT2D eigenvalue weighted by Crippen LogP contribution is -2.59. The Bertz CT molecular complexity index is 4260. The minimum Gasteiger partial charge on any atom is -0.508 e. The fraction of sp³-hybridized carbons (Fsp3) is 0.628. The van der Waals surface area contributed by atoms with Gasteiger partial charge in [-0.25, -0.2) is 0 Å². The van der Waals surface area contributed by atoms with Crippen LogP contribution in [0.4, 0.5) is 0 Å². The third kappa shape index (κ3) is 40.4. The molecule has 2 aromatic carbocycles. The van der Waals surface area contributed by atoms with Gasteiger partial charge in [-0.2, -0.15) is 0 Å². The highest BCUT2D eigenvalue weighted by Gasteiger charge is 2.42. The largest absolute Gasteiger partial charge is 0.508 e. The lowest BCUT2D eigenvalue weighted by atomic mass is 9.97. The van der Waals surface area contributed by atoms with Crippen molar-refractivity contribution in [3.8, 4) is 5.75 Å². The summed E-state index contributed by atoms with van der Waals surface area (Å²) in [4.78, 5) is 245. The number of nitrogens with one attached hydrogen (secondary N) is 20. The second kappa shape index (κ2) is 55.9. The number of carboxylic acids is 1. The van der Waals surface area contributed by atoms with Gasteiger partial charge in [0.15, 0.2) is 11.9 Å². The van der Waals surface area contributed by atoms with Gasteiger partial charge in [0.2, 0.25) is 100 Å². The SMILES string of the molecule is CC(=O)N[C@H]1CNC[C@@H]1C(=O)N[C@@H](C)C(=O)N[C@H](CC(=O)N[C@@H](CCCNC(=N)N)C(=O)N[C@H]1CCC[C@@H]1C(=O)N[C@@H](CCC(C)C)C(=O)N[C@H]1CCC[C@@H]1C(=O)N[C@@H](CCCCN)C(=O)N[C@H](CC(=O)NCC(=O)N[C@@H](CC(=O)O)C(=O)N[C@@H](C)C(=O)N[C@@H](Cc1ccc(O)cc1)C(=O)N[C@@H](CC(N)=O)C(=O)N[C@@H](CCCNC(=N)N)C(N)=O)Cc1ccccc1)CC(C)C. The average Bonchev–Trinajstić information content (AvgIpc) is 1.74. The topological polar surface area (TPSA) is 742 Å². The summed E-state index contributed by atoms with van der Waals surface area (Å²) in [6, 6.07) is -2.41. The smallest absolute Gasteiger partial charge is 0.305 e. The van der Waals surface area contributed by atoms with E-state index in [0.29, 0.717) is 81.9 Å². The van der Waals surface area contributed by atoms with Gasteiger partial charge in [0, 0.05) is 76.5 Å². The van der Waals surface area contributed by atoms with Crippen molar-refractivity contribution in [3.63, 3.8) is 0 Å². The maximum Gasteiger partial charge on any atom is 0.305 e. The van der Waals surface area contributed by atoms with Crippen LogP contribution in [0, 0.1) is 40.4 Å². The molecule has 131 heavy (non-hydrogen) atoms. The van der Waals surface area contributed by atoms with Crippen LogP contribution in [0.2, 0.25) is 0 Å². The van der Waals surface area contributed by atoms with Gasteiger partial charge in [-0.3, -0.25) is 97.1 Å². The number of hydrogen-bond donors (Lipinski definition) is 27. The Balaban J connectivity index is 1.23. The van der Waals surface area contributed by atoms with Crippen molar-refractivity contribution in [3.05, 3.63) is 65.7 Å². The van der Waals surface area contributed by atoms with E-state index < -0.39 is 229 Å². The zero-order valence-corrected chi connectivity index (χ0v) is 75.6. The fourth-order valence-corrected chi connectivity index (χ4v) is 15.7. The van der Waals surface area contributed by atoms with Gasteiger partial charge in [0.1, 0.15) is 60.1 Å². The minimum absolute atomic E-state index is 0.00888. The van der Waals surface area contributed by atoms with E-state index in [2.05, 4.69) is 95.7 Å². The second-order valence-corrected chi connectivity index (χ2v) is 34.6. The van der Waals surface area contributed by atoms with Gasteiger partial charge in [0.25, 0.3) is 0 Å². The third-order valence-electron chi connectivity index (χ3n) is 22.5. The van der Waals surface area contributed by atoms with Crippen molar-refractivity contribution in [2.75, 3.05) is 39.3 Å². The van der Waals surface area contributed by atoms with Crippen LogP contribution in [0.1, 0.15) is 188 Å². The molecule has 17 atom stereocenters. The summed E-state index contributed by atoms with van der Waals surface area (Å²) in [7, 11) is 0. The van der Waals surface area contributed by atoms with Crippen molar-refractivity contribution in [2.45, 2.75) is 274 Å². The van der Waals surface area contributed by atoms with E-state index >= 15 is 0 Å². The number of carbonyl (C=O) groups excluding carboxylic acids is 17. The number of aromatic hydroxyl groups is 1. The molecule has 3 fully saturated rings. The predicted octanol–water partition coefficient (Wildman–Crippen LogP) is -5.29. The van der Waals surface area contributed by atoms with E-state index in [-0.39, 0.29) is 119 Å². The molecule has 2 aliphatic carbocycles. The molecule has 0 bridgehead atoms. The Morgan fingerprint density at radius 3 is 1.45 bits per heavy atom. The van der Waals surface area contributed by atoms with E-state index in [1.54, 1.807) is 30.3 Å². The number of amides is 17. The number of benzene rings is 2. The highest BCUT2D eigenvalue weighted by atomic mass is 16.4. The number of carboxylic acid groups (broad SMARTS) is 1. The van der Waals surface area contributed by atoms with E-state index in [1.807, 2.05) is 27.7 Å². The summed E-state index contributed by atoms with van der Waals surface area (Å²) in [5.74, 6) is -17.9. The summed E-state index contributed by atoms with van der Waals surface area (Å²) in [5.41, 5.74) is 28.7. The molecule has 0 aromatic heterocycles. The van der Waals surface area contributed by atoms with Crippen molar-refractivity contribution < 1.29 is 96.5 Å². The normalized spacial score (nSPS) is 18.7. The molecule has 45 nitrogen and oxygen atoms in total. The first kappa shape index (κ1) is 109. The fourth-order valence-electron chi connectivity index (χ4n) is 15.7. The number of aliphatic carboxylic acids is 1. The Morgan fingerprint density at radius 2 is 0.901 bits per heavy atom. The Hall–Kier alpha value is -12.8. The van der Waals surface area contributed by atoms with E-state index in [0.717, 1.165) is 6.92 Å². The Labute approximate surface area is 761 Å². The second-order valence-electron chi connectivity index (χ2n) is 34.6. The van der Waals surface area contributed by atoms with Gasteiger partial charge < -0.3 is 135 Å². The first-order valence-corrected chi connectivity index (χ1v) is 44.6. The molecule has 726 valence electrons. The maximum atomic E-state index is 14.7. The van der Waals surface area contributed by atoms with Crippen molar-refractivity contribution >= 4 is 118 Å². The van der Waals surface area contributed by atoms with Gasteiger partial charge in [-0.1, -0.05) is 83.0 Å². The summed E-state index contributed by atoms with van der Waals surface area (Å²) < 4.78 is 0. The van der Waals surface area contributed by atoms with Crippen molar-refractivity contribution in [1.82, 2.24) is 95.7 Å². The number of carbonyl (C=O) groups is 18. The summed E-state index contributed by atoms with van der Waals surface area (Å²) >= 11 is 0. The number of phenolic OH excluding ortho intramolecular Hbond substituents is 1. The molecule has 2 aromatic rings. The first-order valence-electron chi connectivity index (χ1n) is 44.6. The molecule has 32 N–H and O–H groups in total. The lowest BCUT2D eigenvalue weighted by Gasteiger charge is -2.29. The van der Waals surface area contributed by atoms with Crippen LogP contribution in [0.15, 0.2) is 54.6 Å². The Morgan fingerprint density at radius 1 is 0.420 bits per heavy atom. The monoisotopic (exact) mass is 1840 g/mol. The molecule has 0 radical (unpaired) electrons. The molecule has 2 saturated carbocycles. The highest BCUT2D eigenvalue weighted by Crippen LogP contribution is 2.29. The van der Waals surface area contributed by atoms with E-state index in [4.69, 9.17) is 39.5 Å². The standard InChI is InChI=1S/C86H137N25O20/c1-45(2)26-31-63(109-77(124)56-20-14-22-58(56)105-80(127)61(25-16-34-96-86(92)93)103-70(116)39-52(35-46(3)4)101-74(121)47(5)98-78(125)57-42-94-43-67(57)100-49(7)112)81(128)106-59-23-13-19-55(59)76(123)108-62(21-11-12-32-87)79(126)102-53(36-50-17-9-8-10-18-50)38-69(115)97-44-71(117)104-66(41-72(118)119)82(129)99-48(6)75(122)110-64(37-51-27-29-54(113)30-28-51)83(130)111-65(40-68(88)114)84(131)107-60(73(89)120)24-15-33-95-85(90)91/h8-10,17-18,27-30,45-48,52-53,55-67,94,113H,11-16,19-26,31-44,87H2,1-7H3,(H2,88,114)(H2,89,120)(H,97,115)(H,98,125)(H,99,129)(H,100,112)(H,101,121)(H,102,126)(H,103,116)(H,104,117)(H,105,127)(H,106,128)(H,107,131)(H,108,123)(H,109,124)(H,110,122)(H,111,130)(H,118,119)(H4,90,91,95)(H4,92,93,96)/t47-,48-,52-,53-,55-,56-,57-,58-,59-,60-,61-,62-,63-,64-,65-,66-,67-/m0/s1. The third-order valence-corrected chi connectivity index (χ3v) is 22.5. The molecule has 1 heterocycles. The molecular formula is C86H137N25O20. The zero-order valence-electron chi connectivity index (χ0n) is 75.6. The number of rotatable bonds is 57. The molecule has 0 unspecified atom stereocenters. The van der Waals surface area contributed by atoms with Crippen LogP contribution in [-0.4, -0.2) is 252 Å². The minimum atomic E-state index is -1.90. The highest BCUT2D eigenvalue weighted by molar-refractivity contribution is 6.00. The Kier molecular flexibility index (Phi) is 46.4. The molecule has 5 rings (SSSR count). The van der Waals surface area contributed by atoms with Crippen LogP contribution >= 0.6 is 0 Å². The van der Waals surface area contributed by atoms with Crippen LogP contribution in [0.25, 0.3) is 0 Å². The molecule has 45 heteroatoms. The van der Waals surface area contributed by atoms with E-state index in [1.165, 1.54) is 38.1 Å². The van der Waals surface area contributed by atoms with Crippen LogP contribution < -0.4 is 124 Å². The molecule has 0 spiro atoms. The number of phenols is 1. The number of guanidine groups is 2. The van der Waals surface area contributed by atoms with Crippen molar-refractivity contribution in [1.29, 1.82) is 10.8 Å². The van der Waals surface area contributed by atoms with Crippen LogP contribution in [0.3, 0.4) is 0 Å². The molecule has 3 aliphatic rings.